The van der Waals surface area contributed by atoms with Gasteiger partial charge in [-0.25, -0.2) is 4.79 Å². The van der Waals surface area contributed by atoms with Crippen LogP contribution in [0.5, 0.6) is 5.75 Å². The summed E-state index contributed by atoms with van der Waals surface area (Å²) >= 11 is 0. The summed E-state index contributed by atoms with van der Waals surface area (Å²) in [5, 5.41) is 12.1. The van der Waals surface area contributed by atoms with E-state index >= 15 is 0 Å². The molecular formula is C12H15NO3. The van der Waals surface area contributed by atoms with E-state index in [1.54, 1.807) is 18.2 Å². The second-order valence-electron chi connectivity index (χ2n) is 4.82. The van der Waals surface area contributed by atoms with Gasteiger partial charge >= 0.3 is 5.97 Å². The molecule has 86 valence electrons. The van der Waals surface area contributed by atoms with Crippen LogP contribution in [0.15, 0.2) is 18.2 Å². The van der Waals surface area contributed by atoms with Crippen molar-refractivity contribution in [3.05, 3.63) is 23.8 Å². The fourth-order valence-corrected chi connectivity index (χ4v) is 1.58. The van der Waals surface area contributed by atoms with Crippen LogP contribution in [-0.4, -0.2) is 24.2 Å². The van der Waals surface area contributed by atoms with Crippen LogP contribution in [0.4, 0.5) is 5.69 Å². The number of carbonyl (C=O) groups is 1. The zero-order valence-corrected chi connectivity index (χ0v) is 9.41. The number of ether oxygens (including phenoxy) is 1. The molecule has 2 rings (SSSR count). The summed E-state index contributed by atoms with van der Waals surface area (Å²) < 4.78 is 5.63. The third-order valence-electron chi connectivity index (χ3n) is 2.60. The Kier molecular flexibility index (Phi) is 2.50. The van der Waals surface area contributed by atoms with Crippen molar-refractivity contribution in [2.75, 3.05) is 18.5 Å². The Morgan fingerprint density at radius 1 is 1.50 bits per heavy atom. The van der Waals surface area contributed by atoms with E-state index in [0.29, 0.717) is 12.4 Å². The van der Waals surface area contributed by atoms with Crippen LogP contribution in [0.1, 0.15) is 24.2 Å². The molecule has 0 aromatic heterocycles. The normalized spacial score (nSPS) is 17.6. The fraction of sp³-hybridized carbons (Fsp3) is 0.417. The molecule has 0 aliphatic carbocycles. The maximum Gasteiger partial charge on any atom is 0.335 e. The Morgan fingerprint density at radius 3 is 2.94 bits per heavy atom. The van der Waals surface area contributed by atoms with Crippen molar-refractivity contribution in [3.63, 3.8) is 0 Å². The first-order chi connectivity index (χ1) is 7.48. The number of anilines is 1. The number of aromatic carboxylic acids is 1. The molecule has 2 N–H and O–H groups in total. The highest BCUT2D eigenvalue weighted by Gasteiger charge is 2.23. The number of carboxylic acid groups (broad SMARTS) is 1. The van der Waals surface area contributed by atoms with Crippen LogP contribution in [-0.2, 0) is 0 Å². The third-order valence-corrected chi connectivity index (χ3v) is 2.60. The van der Waals surface area contributed by atoms with Crippen molar-refractivity contribution in [2.45, 2.75) is 13.8 Å². The first-order valence-electron chi connectivity index (χ1n) is 5.22. The molecule has 0 radical (unpaired) electrons. The van der Waals surface area contributed by atoms with Crippen molar-refractivity contribution in [1.29, 1.82) is 0 Å². The maximum absolute atomic E-state index is 10.8. The summed E-state index contributed by atoms with van der Waals surface area (Å²) in [4.78, 5) is 10.8. The van der Waals surface area contributed by atoms with Crippen molar-refractivity contribution in [3.8, 4) is 5.75 Å². The minimum Gasteiger partial charge on any atom is -0.491 e. The monoisotopic (exact) mass is 221 g/mol. The minimum atomic E-state index is -0.935. The Hall–Kier alpha value is -1.71. The van der Waals surface area contributed by atoms with Crippen molar-refractivity contribution in [1.82, 2.24) is 0 Å². The van der Waals surface area contributed by atoms with Crippen LogP contribution in [0.3, 0.4) is 0 Å². The zero-order valence-electron chi connectivity index (χ0n) is 9.41. The highest BCUT2D eigenvalue weighted by molar-refractivity contribution is 5.89. The van der Waals surface area contributed by atoms with Gasteiger partial charge in [-0.1, -0.05) is 13.8 Å². The summed E-state index contributed by atoms with van der Waals surface area (Å²) in [5.41, 5.74) is 1.15. The average Bonchev–Trinajstić information content (AvgIpc) is 2.38. The van der Waals surface area contributed by atoms with Gasteiger partial charge in [-0.05, 0) is 18.2 Å². The Labute approximate surface area is 94.2 Å². The average molecular weight is 221 g/mol. The van der Waals surface area contributed by atoms with E-state index in [0.717, 1.165) is 12.2 Å². The SMILES string of the molecule is CC1(C)CNc2ccc(C(=O)O)cc2OC1. The molecule has 0 saturated carbocycles. The molecule has 1 heterocycles. The van der Waals surface area contributed by atoms with Crippen LogP contribution in [0, 0.1) is 5.41 Å². The van der Waals surface area contributed by atoms with E-state index in [9.17, 15) is 4.79 Å². The van der Waals surface area contributed by atoms with Gasteiger partial charge in [0, 0.05) is 12.0 Å². The second kappa shape index (κ2) is 3.70. The summed E-state index contributed by atoms with van der Waals surface area (Å²) in [7, 11) is 0. The molecule has 1 aliphatic heterocycles. The molecule has 4 heteroatoms. The van der Waals surface area contributed by atoms with E-state index in [1.165, 1.54) is 0 Å². The van der Waals surface area contributed by atoms with Gasteiger partial charge in [-0.15, -0.1) is 0 Å². The number of hydrogen-bond acceptors (Lipinski definition) is 3. The van der Waals surface area contributed by atoms with Crippen LogP contribution >= 0.6 is 0 Å². The molecule has 0 saturated heterocycles. The molecule has 0 atom stereocenters. The third kappa shape index (κ3) is 2.10. The molecular weight excluding hydrogens is 206 g/mol. The van der Waals surface area contributed by atoms with Gasteiger partial charge in [-0.3, -0.25) is 0 Å². The van der Waals surface area contributed by atoms with E-state index < -0.39 is 5.97 Å². The molecule has 1 aromatic carbocycles. The predicted molar refractivity (Wildman–Crippen MR) is 61.2 cm³/mol. The van der Waals surface area contributed by atoms with Gasteiger partial charge in [-0.2, -0.15) is 0 Å². The summed E-state index contributed by atoms with van der Waals surface area (Å²) in [6.07, 6.45) is 0. The Morgan fingerprint density at radius 2 is 2.25 bits per heavy atom. The number of benzene rings is 1. The molecule has 0 unspecified atom stereocenters. The Balaban J connectivity index is 2.32. The molecule has 16 heavy (non-hydrogen) atoms. The van der Waals surface area contributed by atoms with Gasteiger partial charge in [0.15, 0.2) is 0 Å². The van der Waals surface area contributed by atoms with Gasteiger partial charge in [0.1, 0.15) is 5.75 Å². The quantitative estimate of drug-likeness (QED) is 0.763. The van der Waals surface area contributed by atoms with E-state index in [2.05, 4.69) is 19.2 Å². The molecule has 0 spiro atoms. The van der Waals surface area contributed by atoms with Crippen LogP contribution < -0.4 is 10.1 Å². The number of carboxylic acids is 1. The second-order valence-corrected chi connectivity index (χ2v) is 4.82. The van der Waals surface area contributed by atoms with Gasteiger partial charge in [0.2, 0.25) is 0 Å². The van der Waals surface area contributed by atoms with Crippen molar-refractivity contribution < 1.29 is 14.6 Å². The molecule has 1 aliphatic rings. The lowest BCUT2D eigenvalue weighted by Crippen LogP contribution is -2.27. The molecule has 0 fully saturated rings. The number of nitrogens with one attached hydrogen (secondary N) is 1. The number of hydrogen-bond donors (Lipinski definition) is 2. The highest BCUT2D eigenvalue weighted by atomic mass is 16.5. The van der Waals surface area contributed by atoms with Crippen LogP contribution in [0.2, 0.25) is 0 Å². The molecule has 0 bridgehead atoms. The predicted octanol–water partition coefficient (Wildman–Crippen LogP) is 2.22. The summed E-state index contributed by atoms with van der Waals surface area (Å²) in [6.45, 7) is 5.59. The highest BCUT2D eigenvalue weighted by Crippen LogP contribution is 2.32. The Bertz CT molecular complexity index is 426. The van der Waals surface area contributed by atoms with Crippen molar-refractivity contribution in [2.24, 2.45) is 5.41 Å². The summed E-state index contributed by atoms with van der Waals surface area (Å²) in [6, 6.07) is 4.89. The minimum absolute atomic E-state index is 0.0441. The lowest BCUT2D eigenvalue weighted by molar-refractivity contribution is 0.0696. The number of rotatable bonds is 1. The fourth-order valence-electron chi connectivity index (χ4n) is 1.58. The maximum atomic E-state index is 10.8. The molecule has 0 amide bonds. The lowest BCUT2D eigenvalue weighted by atomic mass is 9.95. The van der Waals surface area contributed by atoms with Gasteiger partial charge in [0.05, 0.1) is 17.9 Å². The standard InChI is InChI=1S/C12H15NO3/c1-12(2)6-13-9-4-3-8(11(14)15)5-10(9)16-7-12/h3-5,13H,6-7H2,1-2H3,(H,14,15). The summed E-state index contributed by atoms with van der Waals surface area (Å²) in [5.74, 6) is -0.319. The zero-order chi connectivity index (χ0) is 11.8. The van der Waals surface area contributed by atoms with E-state index in [-0.39, 0.29) is 11.0 Å². The first kappa shape index (κ1) is 10.8. The van der Waals surface area contributed by atoms with Crippen LogP contribution in [0.25, 0.3) is 0 Å². The van der Waals surface area contributed by atoms with Gasteiger partial charge in [0.25, 0.3) is 0 Å². The smallest absolute Gasteiger partial charge is 0.335 e. The molecule has 1 aromatic rings. The van der Waals surface area contributed by atoms with E-state index in [1.807, 2.05) is 0 Å². The van der Waals surface area contributed by atoms with E-state index in [4.69, 9.17) is 9.84 Å². The largest absolute Gasteiger partial charge is 0.491 e. The number of fused-ring (bicyclic) bond motifs is 1. The topological polar surface area (TPSA) is 58.6 Å². The first-order valence-corrected chi connectivity index (χ1v) is 5.22. The van der Waals surface area contributed by atoms with Crippen molar-refractivity contribution >= 4 is 11.7 Å². The lowest BCUT2D eigenvalue weighted by Gasteiger charge is -2.20. The van der Waals surface area contributed by atoms with Gasteiger partial charge < -0.3 is 15.2 Å². The molecule has 4 nitrogen and oxygen atoms in total.